The summed E-state index contributed by atoms with van der Waals surface area (Å²) in [4.78, 5) is 14.8. The summed E-state index contributed by atoms with van der Waals surface area (Å²) in [5, 5.41) is 12.4. The Kier molecular flexibility index (Phi) is 3.34. The maximum Gasteiger partial charge on any atom is 0.276 e. The third-order valence-corrected chi connectivity index (χ3v) is 4.65. The van der Waals surface area contributed by atoms with E-state index in [0.717, 1.165) is 24.3 Å². The molecule has 8 heteroatoms. The number of rotatable bonds is 3. The van der Waals surface area contributed by atoms with Gasteiger partial charge in [-0.2, -0.15) is 0 Å². The smallest absolute Gasteiger partial charge is 0.276 e. The van der Waals surface area contributed by atoms with E-state index in [2.05, 4.69) is 15.4 Å². The second kappa shape index (κ2) is 5.83. The molecule has 0 aromatic carbocycles. The lowest BCUT2D eigenvalue weighted by molar-refractivity contribution is 0.0718. The van der Waals surface area contributed by atoms with Crippen molar-refractivity contribution in [3.05, 3.63) is 60.4 Å². The van der Waals surface area contributed by atoms with Crippen LogP contribution in [0.4, 0.5) is 0 Å². The minimum Gasteiger partial charge on any atom is -0.461 e. The van der Waals surface area contributed by atoms with Gasteiger partial charge in [0, 0.05) is 18.8 Å². The monoisotopic (exact) mass is 349 g/mol. The van der Waals surface area contributed by atoms with Crippen LogP contribution in [0.2, 0.25) is 0 Å². The molecule has 0 radical (unpaired) electrons. The molecule has 1 atom stereocenters. The summed E-state index contributed by atoms with van der Waals surface area (Å²) >= 11 is 0. The van der Waals surface area contributed by atoms with Crippen molar-refractivity contribution >= 4 is 11.6 Å². The fraction of sp³-hybridized carbons (Fsp3) is 0.222. The Morgan fingerprint density at radius 3 is 3.00 bits per heavy atom. The zero-order chi connectivity index (χ0) is 17.5. The summed E-state index contributed by atoms with van der Waals surface area (Å²) in [5.41, 5.74) is 1.03. The van der Waals surface area contributed by atoms with Crippen molar-refractivity contribution in [1.29, 1.82) is 0 Å². The van der Waals surface area contributed by atoms with Crippen LogP contribution in [-0.4, -0.2) is 37.1 Å². The minimum atomic E-state index is -0.179. The van der Waals surface area contributed by atoms with Crippen molar-refractivity contribution in [2.45, 2.75) is 18.9 Å². The number of pyridine rings is 1. The summed E-state index contributed by atoms with van der Waals surface area (Å²) in [6, 6.07) is 10.7. The first-order valence-corrected chi connectivity index (χ1v) is 8.42. The number of nitrogens with zero attached hydrogens (tertiary/aromatic N) is 5. The molecule has 26 heavy (non-hydrogen) atoms. The van der Waals surface area contributed by atoms with Crippen LogP contribution in [0.25, 0.3) is 17.2 Å². The molecule has 1 unspecified atom stereocenters. The molecule has 4 aromatic heterocycles. The van der Waals surface area contributed by atoms with E-state index in [1.165, 1.54) is 0 Å². The summed E-state index contributed by atoms with van der Waals surface area (Å²) in [6.45, 7) is 0.647. The number of furan rings is 1. The van der Waals surface area contributed by atoms with Crippen LogP contribution in [0.15, 0.2) is 57.8 Å². The molecule has 8 nitrogen and oxygen atoms in total. The minimum absolute atomic E-state index is 0.135. The van der Waals surface area contributed by atoms with Gasteiger partial charge in [-0.3, -0.25) is 9.20 Å². The molecular formula is C18H15N5O3. The Hall–Kier alpha value is -3.42. The lowest BCUT2D eigenvalue weighted by atomic mass is 10.2. The molecule has 0 aliphatic carbocycles. The van der Waals surface area contributed by atoms with E-state index in [1.807, 2.05) is 28.8 Å². The summed E-state index contributed by atoms with van der Waals surface area (Å²) in [7, 11) is 0. The Morgan fingerprint density at radius 1 is 1.15 bits per heavy atom. The maximum absolute atomic E-state index is 13.0. The van der Waals surface area contributed by atoms with Crippen molar-refractivity contribution in [2.24, 2.45) is 0 Å². The number of aromatic nitrogens is 4. The predicted octanol–water partition coefficient (Wildman–Crippen LogP) is 2.95. The second-order valence-electron chi connectivity index (χ2n) is 6.20. The first kappa shape index (κ1) is 14.9. The van der Waals surface area contributed by atoms with Gasteiger partial charge in [0.15, 0.2) is 22.9 Å². The number of carbonyl (C=O) groups excluding carboxylic acids is 1. The fourth-order valence-electron chi connectivity index (χ4n) is 3.42. The standard InChI is InChI=1S/C18H15N5O3/c24-18(12-11-15(26-21-12)14-6-4-10-25-14)22-9-3-5-13(22)17-20-19-16-7-1-2-8-23(16)17/h1-2,4,6-8,10-11,13H,3,5,9H2. The van der Waals surface area contributed by atoms with Gasteiger partial charge >= 0.3 is 0 Å². The lowest BCUT2D eigenvalue weighted by Gasteiger charge is -2.22. The normalized spacial score (nSPS) is 17.2. The third-order valence-electron chi connectivity index (χ3n) is 4.65. The van der Waals surface area contributed by atoms with Gasteiger partial charge in [-0.1, -0.05) is 11.2 Å². The number of amides is 1. The Bertz CT molecular complexity index is 1070. The van der Waals surface area contributed by atoms with Gasteiger partial charge in [-0.05, 0) is 37.1 Å². The average Bonchev–Trinajstić information content (AvgIpc) is 3.47. The highest BCUT2D eigenvalue weighted by atomic mass is 16.5. The topological polar surface area (TPSA) is 89.7 Å². The zero-order valence-corrected chi connectivity index (χ0v) is 13.8. The van der Waals surface area contributed by atoms with Crippen LogP contribution in [0, 0.1) is 0 Å². The Morgan fingerprint density at radius 2 is 2.12 bits per heavy atom. The van der Waals surface area contributed by atoms with Gasteiger partial charge in [0.25, 0.3) is 5.91 Å². The number of hydrogen-bond acceptors (Lipinski definition) is 6. The van der Waals surface area contributed by atoms with Crippen LogP contribution in [0.1, 0.15) is 35.2 Å². The van der Waals surface area contributed by atoms with Gasteiger partial charge in [-0.25, -0.2) is 0 Å². The molecular weight excluding hydrogens is 334 g/mol. The highest BCUT2D eigenvalue weighted by Gasteiger charge is 2.35. The summed E-state index contributed by atoms with van der Waals surface area (Å²) < 4.78 is 12.5. The average molecular weight is 349 g/mol. The van der Waals surface area contributed by atoms with Crippen molar-refractivity contribution in [1.82, 2.24) is 24.7 Å². The third kappa shape index (κ3) is 2.30. The Labute approximate surface area is 148 Å². The molecule has 0 saturated carbocycles. The van der Waals surface area contributed by atoms with Crippen molar-refractivity contribution in [3.63, 3.8) is 0 Å². The van der Waals surface area contributed by atoms with Gasteiger partial charge in [-0.15, -0.1) is 10.2 Å². The second-order valence-corrected chi connectivity index (χ2v) is 6.20. The number of carbonyl (C=O) groups is 1. The van der Waals surface area contributed by atoms with Crippen LogP contribution in [-0.2, 0) is 0 Å². The molecule has 1 saturated heterocycles. The van der Waals surface area contributed by atoms with Gasteiger partial charge in [0.05, 0.1) is 12.3 Å². The van der Waals surface area contributed by atoms with Crippen LogP contribution < -0.4 is 0 Å². The van der Waals surface area contributed by atoms with E-state index in [1.54, 1.807) is 29.4 Å². The van der Waals surface area contributed by atoms with Crippen molar-refractivity contribution in [2.75, 3.05) is 6.54 Å². The summed E-state index contributed by atoms with van der Waals surface area (Å²) in [5.74, 6) is 1.56. The quantitative estimate of drug-likeness (QED) is 0.565. The highest BCUT2D eigenvalue weighted by molar-refractivity contribution is 5.93. The molecule has 5 heterocycles. The Balaban J connectivity index is 1.46. The van der Waals surface area contributed by atoms with Gasteiger partial charge in [0.1, 0.15) is 0 Å². The molecule has 1 amide bonds. The van der Waals surface area contributed by atoms with Crippen LogP contribution >= 0.6 is 0 Å². The first-order valence-electron chi connectivity index (χ1n) is 8.42. The molecule has 4 aromatic rings. The highest BCUT2D eigenvalue weighted by Crippen LogP contribution is 2.32. The SMILES string of the molecule is O=C(c1cc(-c2ccco2)on1)N1CCCC1c1nnc2ccccn12. The molecule has 1 aliphatic heterocycles. The van der Waals surface area contributed by atoms with E-state index in [-0.39, 0.29) is 17.6 Å². The largest absolute Gasteiger partial charge is 0.461 e. The predicted molar refractivity (Wildman–Crippen MR) is 90.2 cm³/mol. The molecule has 5 rings (SSSR count). The van der Waals surface area contributed by atoms with Crippen LogP contribution in [0.3, 0.4) is 0 Å². The maximum atomic E-state index is 13.0. The van der Waals surface area contributed by atoms with E-state index < -0.39 is 0 Å². The molecule has 130 valence electrons. The first-order chi connectivity index (χ1) is 12.8. The van der Waals surface area contributed by atoms with Crippen LogP contribution in [0.5, 0.6) is 0 Å². The van der Waals surface area contributed by atoms with Crippen molar-refractivity contribution < 1.29 is 13.7 Å². The van der Waals surface area contributed by atoms with E-state index in [4.69, 9.17) is 8.94 Å². The number of fused-ring (bicyclic) bond motifs is 1. The van der Waals surface area contributed by atoms with Gasteiger partial charge in [0.2, 0.25) is 5.76 Å². The fourth-order valence-corrected chi connectivity index (χ4v) is 3.42. The lowest BCUT2D eigenvalue weighted by Crippen LogP contribution is -2.31. The number of hydrogen-bond donors (Lipinski definition) is 0. The van der Waals surface area contributed by atoms with E-state index >= 15 is 0 Å². The summed E-state index contributed by atoms with van der Waals surface area (Å²) in [6.07, 6.45) is 5.20. The van der Waals surface area contributed by atoms with Crippen molar-refractivity contribution in [3.8, 4) is 11.5 Å². The van der Waals surface area contributed by atoms with Gasteiger partial charge < -0.3 is 13.8 Å². The molecule has 0 N–H and O–H groups in total. The molecule has 1 fully saturated rings. The molecule has 1 aliphatic rings. The number of likely N-dealkylation sites (tertiary alicyclic amines) is 1. The van der Waals surface area contributed by atoms with E-state index in [0.29, 0.717) is 18.1 Å². The molecule has 0 bridgehead atoms. The van der Waals surface area contributed by atoms with E-state index in [9.17, 15) is 4.79 Å². The zero-order valence-electron chi connectivity index (χ0n) is 13.8. The molecule has 0 spiro atoms.